The zero-order chi connectivity index (χ0) is 18.1. The topological polar surface area (TPSA) is 56.0 Å². The van der Waals surface area contributed by atoms with Crippen molar-refractivity contribution in [2.24, 2.45) is 7.05 Å². The van der Waals surface area contributed by atoms with Gasteiger partial charge in [-0.3, -0.25) is 14.3 Å². The second-order valence-electron chi connectivity index (χ2n) is 5.52. The lowest BCUT2D eigenvalue weighted by Gasteiger charge is -2.07. The van der Waals surface area contributed by atoms with Gasteiger partial charge in [0, 0.05) is 16.2 Å². The molecule has 1 aromatic heterocycles. The van der Waals surface area contributed by atoms with Gasteiger partial charge in [0.1, 0.15) is 5.69 Å². The van der Waals surface area contributed by atoms with Crippen LogP contribution in [0.3, 0.4) is 0 Å². The molecule has 5 nitrogen and oxygen atoms in total. The first-order chi connectivity index (χ1) is 11.9. The van der Waals surface area contributed by atoms with Crippen LogP contribution in [-0.4, -0.2) is 15.3 Å². The van der Waals surface area contributed by atoms with E-state index in [2.05, 4.69) is 27.9 Å². The molecule has 3 rings (SSSR count). The molecule has 128 valence electrons. The normalized spacial score (nSPS) is 10.7. The molecule has 25 heavy (non-hydrogen) atoms. The first-order valence-electron chi connectivity index (χ1n) is 7.50. The Morgan fingerprint density at radius 2 is 1.84 bits per heavy atom. The van der Waals surface area contributed by atoms with Crippen molar-refractivity contribution in [2.75, 3.05) is 5.32 Å². The van der Waals surface area contributed by atoms with Crippen molar-refractivity contribution in [3.8, 4) is 5.69 Å². The molecule has 3 aromatic rings. The molecule has 0 aliphatic heterocycles. The second-order valence-corrected chi connectivity index (χ2v) is 7.09. The summed E-state index contributed by atoms with van der Waals surface area (Å²) in [6.45, 7) is 1.79. The van der Waals surface area contributed by atoms with Crippen LogP contribution >= 0.6 is 34.2 Å². The fourth-order valence-corrected chi connectivity index (χ4v) is 3.17. The van der Waals surface area contributed by atoms with Gasteiger partial charge in [0.05, 0.1) is 16.4 Å². The highest BCUT2D eigenvalue weighted by Crippen LogP contribution is 2.20. The Bertz CT molecular complexity index is 1010. The summed E-state index contributed by atoms with van der Waals surface area (Å²) in [6.07, 6.45) is 0. The van der Waals surface area contributed by atoms with Gasteiger partial charge in [0.25, 0.3) is 11.5 Å². The van der Waals surface area contributed by atoms with E-state index < -0.39 is 0 Å². The SMILES string of the molecule is Cc1c(NC(=O)c2ccc(Cl)c(I)c2)c(=O)n(-c2ccccc2)n1C. The lowest BCUT2D eigenvalue weighted by Crippen LogP contribution is -2.23. The van der Waals surface area contributed by atoms with E-state index in [-0.39, 0.29) is 17.2 Å². The van der Waals surface area contributed by atoms with E-state index in [1.807, 2.05) is 30.3 Å². The van der Waals surface area contributed by atoms with Crippen LogP contribution in [0.5, 0.6) is 0 Å². The molecule has 0 spiro atoms. The minimum absolute atomic E-state index is 0.265. The molecule has 0 aliphatic carbocycles. The van der Waals surface area contributed by atoms with E-state index in [9.17, 15) is 9.59 Å². The highest BCUT2D eigenvalue weighted by Gasteiger charge is 2.19. The number of nitrogens with zero attached hydrogens (tertiary/aromatic N) is 2. The smallest absolute Gasteiger partial charge is 0.295 e. The maximum Gasteiger partial charge on any atom is 0.295 e. The molecule has 0 aliphatic rings. The maximum absolute atomic E-state index is 12.8. The number of amides is 1. The highest BCUT2D eigenvalue weighted by atomic mass is 127. The van der Waals surface area contributed by atoms with Gasteiger partial charge in [0.2, 0.25) is 0 Å². The molecule has 2 aromatic carbocycles. The second kappa shape index (κ2) is 7.05. The van der Waals surface area contributed by atoms with Crippen LogP contribution in [0, 0.1) is 10.5 Å². The van der Waals surface area contributed by atoms with Crippen LogP contribution in [0.15, 0.2) is 53.3 Å². The van der Waals surface area contributed by atoms with E-state index in [0.29, 0.717) is 16.3 Å². The number of para-hydroxylation sites is 1. The predicted molar refractivity (Wildman–Crippen MR) is 108 cm³/mol. The summed E-state index contributed by atoms with van der Waals surface area (Å²) in [6, 6.07) is 14.3. The zero-order valence-electron chi connectivity index (χ0n) is 13.6. The number of carbonyl (C=O) groups excluding carboxylic acids is 1. The standard InChI is InChI=1S/C18H15ClIN3O2/c1-11-16(21-17(24)12-8-9-14(19)15(20)10-12)18(25)23(22(11)2)13-6-4-3-5-7-13/h3-10H,1-2H3,(H,21,24). The van der Waals surface area contributed by atoms with Crippen LogP contribution in [0.4, 0.5) is 5.69 Å². The Balaban J connectivity index is 2.00. The van der Waals surface area contributed by atoms with E-state index in [1.165, 1.54) is 4.68 Å². The van der Waals surface area contributed by atoms with Gasteiger partial charge >= 0.3 is 0 Å². The first-order valence-corrected chi connectivity index (χ1v) is 8.96. The average Bonchev–Trinajstić information content (AvgIpc) is 2.81. The van der Waals surface area contributed by atoms with Gasteiger partial charge in [-0.25, -0.2) is 4.68 Å². The quantitative estimate of drug-likeness (QED) is 0.592. The Morgan fingerprint density at radius 3 is 2.48 bits per heavy atom. The first kappa shape index (κ1) is 17.8. The van der Waals surface area contributed by atoms with Crippen molar-refractivity contribution in [3.63, 3.8) is 0 Å². The molecular weight excluding hydrogens is 453 g/mol. The number of nitrogens with one attached hydrogen (secondary N) is 1. The number of benzene rings is 2. The van der Waals surface area contributed by atoms with Gasteiger partial charge in [-0.05, 0) is 59.8 Å². The van der Waals surface area contributed by atoms with Crippen LogP contribution in [-0.2, 0) is 7.05 Å². The summed E-state index contributed by atoms with van der Waals surface area (Å²) in [7, 11) is 1.78. The predicted octanol–water partition coefficient (Wildman–Crippen LogP) is 3.99. The van der Waals surface area contributed by atoms with Gasteiger partial charge in [0.15, 0.2) is 0 Å². The third kappa shape index (κ3) is 3.36. The van der Waals surface area contributed by atoms with Crippen molar-refractivity contribution in [3.05, 3.63) is 78.7 Å². The van der Waals surface area contributed by atoms with Crippen LogP contribution in [0.2, 0.25) is 5.02 Å². The molecule has 0 saturated heterocycles. The Morgan fingerprint density at radius 1 is 1.16 bits per heavy atom. The summed E-state index contributed by atoms with van der Waals surface area (Å²) in [5.74, 6) is -0.347. The third-order valence-corrected chi connectivity index (χ3v) is 5.52. The molecule has 1 amide bonds. The number of rotatable bonds is 3. The van der Waals surface area contributed by atoms with E-state index >= 15 is 0 Å². The van der Waals surface area contributed by atoms with Gasteiger partial charge in [-0.1, -0.05) is 29.8 Å². The van der Waals surface area contributed by atoms with Gasteiger partial charge in [-0.2, -0.15) is 0 Å². The average molecular weight is 468 g/mol. The molecule has 0 unspecified atom stereocenters. The van der Waals surface area contributed by atoms with Crippen molar-refractivity contribution < 1.29 is 4.79 Å². The Kier molecular flexibility index (Phi) is 5.01. The minimum Gasteiger partial charge on any atom is -0.316 e. The third-order valence-electron chi connectivity index (χ3n) is 3.97. The molecule has 1 N–H and O–H groups in total. The van der Waals surface area contributed by atoms with Crippen LogP contribution in [0.1, 0.15) is 16.1 Å². The number of hydrogen-bond donors (Lipinski definition) is 1. The molecule has 1 heterocycles. The summed E-state index contributed by atoms with van der Waals surface area (Å²) < 4.78 is 4.02. The summed E-state index contributed by atoms with van der Waals surface area (Å²) in [5.41, 5.74) is 1.85. The lowest BCUT2D eigenvalue weighted by molar-refractivity contribution is 0.102. The number of anilines is 1. The number of carbonyl (C=O) groups is 1. The van der Waals surface area contributed by atoms with Crippen LogP contribution < -0.4 is 10.9 Å². The van der Waals surface area contributed by atoms with Crippen molar-refractivity contribution >= 4 is 45.8 Å². The molecule has 0 radical (unpaired) electrons. The van der Waals surface area contributed by atoms with Crippen molar-refractivity contribution in [1.82, 2.24) is 9.36 Å². The lowest BCUT2D eigenvalue weighted by atomic mass is 10.2. The number of hydrogen-bond acceptors (Lipinski definition) is 2. The molecule has 0 atom stereocenters. The van der Waals surface area contributed by atoms with Gasteiger partial charge in [-0.15, -0.1) is 0 Å². The largest absolute Gasteiger partial charge is 0.316 e. The Hall–Kier alpha value is -2.06. The highest BCUT2D eigenvalue weighted by molar-refractivity contribution is 14.1. The van der Waals surface area contributed by atoms with E-state index in [0.717, 1.165) is 9.26 Å². The number of halogens is 2. The summed E-state index contributed by atoms with van der Waals surface area (Å²) in [5, 5.41) is 3.32. The molecular formula is C18H15ClIN3O2. The molecule has 0 fully saturated rings. The van der Waals surface area contributed by atoms with Crippen LogP contribution in [0.25, 0.3) is 5.69 Å². The van der Waals surface area contributed by atoms with Gasteiger partial charge < -0.3 is 5.32 Å². The number of aromatic nitrogens is 2. The monoisotopic (exact) mass is 467 g/mol. The van der Waals surface area contributed by atoms with E-state index in [4.69, 9.17) is 11.6 Å². The minimum atomic E-state index is -0.347. The summed E-state index contributed by atoms with van der Waals surface area (Å²) >= 11 is 8.06. The molecule has 7 heteroatoms. The molecule has 0 saturated carbocycles. The van der Waals surface area contributed by atoms with E-state index in [1.54, 1.807) is 36.9 Å². The fraction of sp³-hybridized carbons (Fsp3) is 0.111. The maximum atomic E-state index is 12.8. The Labute approximate surface area is 163 Å². The van der Waals surface area contributed by atoms with Crippen molar-refractivity contribution in [1.29, 1.82) is 0 Å². The molecule has 0 bridgehead atoms. The van der Waals surface area contributed by atoms with Crippen molar-refractivity contribution in [2.45, 2.75) is 6.92 Å². The fourth-order valence-electron chi connectivity index (χ4n) is 2.54. The zero-order valence-corrected chi connectivity index (χ0v) is 16.5. The summed E-state index contributed by atoms with van der Waals surface area (Å²) in [4.78, 5) is 25.3.